The highest BCUT2D eigenvalue weighted by Gasteiger charge is 2.29. The fraction of sp³-hybridized carbons (Fsp3) is 0.269. The highest BCUT2D eigenvalue weighted by molar-refractivity contribution is 7.92. The molecule has 0 bridgehead atoms. The number of carbonyl (C=O) groups is 1. The Morgan fingerprint density at radius 3 is 2.19 bits per heavy atom. The Morgan fingerprint density at radius 1 is 0.919 bits per heavy atom. The standard InChI is InChI=1S/C26H31N3O6S2/c1-18(2)28-36(31,32)22-12-14-25(35-5)23(16-22)27-26(30)17-29(24-13-11-19(3)15-20(24)4)37(33,34)21-9-7-6-8-10-21/h6-16,18,28H,17H2,1-5H3,(H,27,30). The predicted octanol–water partition coefficient (Wildman–Crippen LogP) is 3.83. The molecule has 37 heavy (non-hydrogen) atoms. The van der Waals surface area contributed by atoms with E-state index in [4.69, 9.17) is 4.74 Å². The van der Waals surface area contributed by atoms with Crippen molar-refractivity contribution in [1.29, 1.82) is 0 Å². The maximum Gasteiger partial charge on any atom is 0.264 e. The highest BCUT2D eigenvalue weighted by Crippen LogP contribution is 2.30. The maximum absolute atomic E-state index is 13.6. The Morgan fingerprint density at radius 2 is 1.59 bits per heavy atom. The summed E-state index contributed by atoms with van der Waals surface area (Å²) >= 11 is 0. The van der Waals surface area contributed by atoms with Crippen LogP contribution in [-0.2, 0) is 24.8 Å². The molecule has 11 heteroatoms. The number of carbonyl (C=O) groups excluding carboxylic acids is 1. The average Bonchev–Trinajstić information content (AvgIpc) is 2.82. The molecule has 0 saturated heterocycles. The quantitative estimate of drug-likeness (QED) is 0.399. The molecule has 0 heterocycles. The van der Waals surface area contributed by atoms with Crippen molar-refractivity contribution >= 4 is 37.3 Å². The molecule has 1 amide bonds. The molecule has 0 aliphatic heterocycles. The molecule has 9 nitrogen and oxygen atoms in total. The summed E-state index contributed by atoms with van der Waals surface area (Å²) in [5.74, 6) is -0.454. The van der Waals surface area contributed by atoms with Crippen LogP contribution in [0.15, 0.2) is 76.5 Å². The number of hydrogen-bond donors (Lipinski definition) is 2. The number of amides is 1. The number of aryl methyl sites for hydroxylation is 2. The molecule has 3 aromatic carbocycles. The van der Waals surface area contributed by atoms with Gasteiger partial charge < -0.3 is 10.1 Å². The fourth-order valence-electron chi connectivity index (χ4n) is 3.75. The van der Waals surface area contributed by atoms with Crippen molar-refractivity contribution in [3.05, 3.63) is 77.9 Å². The van der Waals surface area contributed by atoms with Crippen molar-refractivity contribution in [2.75, 3.05) is 23.3 Å². The van der Waals surface area contributed by atoms with Crippen molar-refractivity contribution in [3.63, 3.8) is 0 Å². The number of methoxy groups -OCH3 is 1. The maximum atomic E-state index is 13.6. The summed E-state index contributed by atoms with van der Waals surface area (Å²) < 4.78 is 61.3. The summed E-state index contributed by atoms with van der Waals surface area (Å²) in [4.78, 5) is 13.2. The molecular weight excluding hydrogens is 514 g/mol. The van der Waals surface area contributed by atoms with Crippen LogP contribution in [-0.4, -0.2) is 42.4 Å². The highest BCUT2D eigenvalue weighted by atomic mass is 32.2. The third kappa shape index (κ3) is 6.68. The first-order valence-corrected chi connectivity index (χ1v) is 14.4. The number of nitrogens with one attached hydrogen (secondary N) is 2. The van der Waals surface area contributed by atoms with Crippen LogP contribution >= 0.6 is 0 Å². The molecule has 3 aromatic rings. The van der Waals surface area contributed by atoms with Gasteiger partial charge in [0.25, 0.3) is 10.0 Å². The zero-order valence-corrected chi connectivity index (χ0v) is 23.0. The van der Waals surface area contributed by atoms with Gasteiger partial charge in [0.05, 0.1) is 28.3 Å². The van der Waals surface area contributed by atoms with Gasteiger partial charge in [-0.25, -0.2) is 21.6 Å². The largest absolute Gasteiger partial charge is 0.495 e. The summed E-state index contributed by atoms with van der Waals surface area (Å²) in [6.45, 7) is 6.50. The van der Waals surface area contributed by atoms with Crippen LogP contribution in [0.2, 0.25) is 0 Å². The minimum absolute atomic E-state index is 0.0354. The first-order valence-electron chi connectivity index (χ1n) is 11.5. The topological polar surface area (TPSA) is 122 Å². The number of nitrogens with zero attached hydrogens (tertiary/aromatic N) is 1. The second-order valence-corrected chi connectivity index (χ2v) is 12.4. The second-order valence-electron chi connectivity index (χ2n) is 8.80. The Labute approximate surface area is 218 Å². The van der Waals surface area contributed by atoms with Crippen molar-refractivity contribution in [1.82, 2.24) is 4.72 Å². The number of benzene rings is 3. The van der Waals surface area contributed by atoms with Crippen LogP contribution in [0.25, 0.3) is 0 Å². The fourth-order valence-corrected chi connectivity index (χ4v) is 6.54. The lowest BCUT2D eigenvalue weighted by Gasteiger charge is -2.26. The van der Waals surface area contributed by atoms with Gasteiger partial charge in [-0.3, -0.25) is 9.10 Å². The SMILES string of the molecule is COc1ccc(S(=O)(=O)NC(C)C)cc1NC(=O)CN(c1ccc(C)cc1C)S(=O)(=O)c1ccccc1. The zero-order chi connectivity index (χ0) is 27.4. The van der Waals surface area contributed by atoms with Gasteiger partial charge >= 0.3 is 0 Å². The Bertz CT molecular complexity index is 1490. The third-order valence-electron chi connectivity index (χ3n) is 5.39. The summed E-state index contributed by atoms with van der Waals surface area (Å²) in [5, 5.41) is 2.62. The van der Waals surface area contributed by atoms with E-state index < -0.39 is 32.5 Å². The minimum atomic E-state index is -4.10. The van der Waals surface area contributed by atoms with E-state index >= 15 is 0 Å². The first kappa shape index (κ1) is 28.2. The number of sulfonamides is 2. The Kier molecular flexibility index (Phi) is 8.62. The minimum Gasteiger partial charge on any atom is -0.495 e. The molecule has 0 atom stereocenters. The van der Waals surface area contributed by atoms with Crippen LogP contribution in [0.4, 0.5) is 11.4 Å². The number of ether oxygens (including phenoxy) is 1. The van der Waals surface area contributed by atoms with Gasteiger partial charge in [-0.05, 0) is 69.7 Å². The van der Waals surface area contributed by atoms with E-state index in [-0.39, 0.29) is 27.3 Å². The van der Waals surface area contributed by atoms with Crippen molar-refractivity contribution in [2.45, 2.75) is 43.5 Å². The van der Waals surface area contributed by atoms with E-state index in [0.29, 0.717) is 11.3 Å². The normalized spacial score (nSPS) is 11.8. The van der Waals surface area contributed by atoms with E-state index in [1.165, 1.54) is 37.4 Å². The lowest BCUT2D eigenvalue weighted by atomic mass is 10.1. The summed E-state index contributed by atoms with van der Waals surface area (Å²) in [6.07, 6.45) is 0. The Hall–Kier alpha value is -3.41. The van der Waals surface area contributed by atoms with Gasteiger partial charge in [0.1, 0.15) is 12.3 Å². The molecule has 0 fully saturated rings. The lowest BCUT2D eigenvalue weighted by molar-refractivity contribution is -0.114. The van der Waals surface area contributed by atoms with E-state index in [9.17, 15) is 21.6 Å². The number of hydrogen-bond acceptors (Lipinski definition) is 6. The number of rotatable bonds is 10. The molecule has 198 valence electrons. The average molecular weight is 546 g/mol. The van der Waals surface area contributed by atoms with E-state index in [2.05, 4.69) is 10.0 Å². The van der Waals surface area contributed by atoms with E-state index in [0.717, 1.165) is 9.87 Å². The Balaban J connectivity index is 2.00. The van der Waals surface area contributed by atoms with Gasteiger partial charge in [0.2, 0.25) is 15.9 Å². The molecule has 0 saturated carbocycles. The van der Waals surface area contributed by atoms with Gasteiger partial charge in [-0.15, -0.1) is 0 Å². The molecule has 0 aromatic heterocycles. The zero-order valence-electron chi connectivity index (χ0n) is 21.3. The predicted molar refractivity (Wildman–Crippen MR) is 144 cm³/mol. The lowest BCUT2D eigenvalue weighted by Crippen LogP contribution is -2.38. The van der Waals surface area contributed by atoms with Crippen LogP contribution in [0.3, 0.4) is 0 Å². The monoisotopic (exact) mass is 545 g/mol. The molecule has 0 aliphatic carbocycles. The molecule has 0 aliphatic rings. The summed E-state index contributed by atoms with van der Waals surface area (Å²) in [6, 6.07) is 16.8. The van der Waals surface area contributed by atoms with Gasteiger partial charge in [-0.2, -0.15) is 0 Å². The smallest absolute Gasteiger partial charge is 0.264 e. The van der Waals surface area contributed by atoms with Gasteiger partial charge in [-0.1, -0.05) is 35.9 Å². The van der Waals surface area contributed by atoms with Gasteiger partial charge in [0.15, 0.2) is 0 Å². The van der Waals surface area contributed by atoms with Crippen LogP contribution in [0, 0.1) is 13.8 Å². The van der Waals surface area contributed by atoms with Crippen molar-refractivity contribution in [2.24, 2.45) is 0 Å². The second kappa shape index (κ2) is 11.3. The molecular formula is C26H31N3O6S2. The molecule has 0 radical (unpaired) electrons. The first-order chi connectivity index (χ1) is 17.3. The van der Waals surface area contributed by atoms with Crippen molar-refractivity contribution < 1.29 is 26.4 Å². The summed E-state index contributed by atoms with van der Waals surface area (Å²) in [7, 11) is -6.56. The van der Waals surface area contributed by atoms with Crippen molar-refractivity contribution in [3.8, 4) is 5.75 Å². The van der Waals surface area contributed by atoms with Crippen LogP contribution in [0.5, 0.6) is 5.75 Å². The van der Waals surface area contributed by atoms with Gasteiger partial charge in [0, 0.05) is 6.04 Å². The van der Waals surface area contributed by atoms with Crippen LogP contribution in [0.1, 0.15) is 25.0 Å². The van der Waals surface area contributed by atoms with E-state index in [1.807, 2.05) is 13.0 Å². The van der Waals surface area contributed by atoms with Crippen LogP contribution < -0.4 is 19.1 Å². The molecule has 3 rings (SSSR count). The molecule has 2 N–H and O–H groups in total. The third-order valence-corrected chi connectivity index (χ3v) is 8.82. The number of anilines is 2. The van der Waals surface area contributed by atoms with E-state index in [1.54, 1.807) is 51.1 Å². The molecule has 0 unspecified atom stereocenters. The molecule has 0 spiro atoms. The summed E-state index contributed by atoms with van der Waals surface area (Å²) in [5.41, 5.74) is 2.07.